The van der Waals surface area contributed by atoms with E-state index in [1.54, 1.807) is 12.1 Å². The predicted octanol–water partition coefficient (Wildman–Crippen LogP) is 1.31. The van der Waals surface area contributed by atoms with Gasteiger partial charge in [-0.3, -0.25) is 4.79 Å². The molecule has 20 heavy (non-hydrogen) atoms. The van der Waals surface area contributed by atoms with Gasteiger partial charge in [0.1, 0.15) is 6.61 Å². The summed E-state index contributed by atoms with van der Waals surface area (Å²) in [5.41, 5.74) is 0.0455. The Hall–Kier alpha value is -1.19. The molecule has 1 aromatic rings. The van der Waals surface area contributed by atoms with Crippen molar-refractivity contribution < 1.29 is 19.4 Å². The maximum absolute atomic E-state index is 11.8. The molecule has 0 radical (unpaired) electrons. The Labute approximate surface area is 130 Å². The molecule has 3 N–H and O–H groups in total. The van der Waals surface area contributed by atoms with E-state index in [9.17, 15) is 9.59 Å². The molecule has 1 aliphatic heterocycles. The maximum atomic E-state index is 11.8. The van der Waals surface area contributed by atoms with Crippen molar-refractivity contribution in [2.24, 2.45) is 0 Å². The molecule has 1 saturated heterocycles. The summed E-state index contributed by atoms with van der Waals surface area (Å²) in [4.78, 5) is 22.9. The number of nitrogens with one attached hydrogen (secondary N) is 2. The fourth-order valence-electron chi connectivity index (χ4n) is 1.81. The van der Waals surface area contributed by atoms with Crippen LogP contribution in [-0.4, -0.2) is 42.3 Å². The second-order valence-electron chi connectivity index (χ2n) is 4.89. The Bertz CT molecular complexity index is 543. The molecule has 0 bridgehead atoms. The standard InChI is InChI=1S/C13H15IN2O4/c1-13(6-15-7-13)20-5-11(17)16-10-3-2-8(14)4-9(10)12(18)19/h2-4,15H,5-7H2,1H3,(H,16,17)(H,18,19). The van der Waals surface area contributed by atoms with E-state index in [0.717, 1.165) is 3.57 Å². The van der Waals surface area contributed by atoms with Gasteiger partial charge in [-0.15, -0.1) is 0 Å². The van der Waals surface area contributed by atoms with E-state index in [1.165, 1.54) is 6.07 Å². The van der Waals surface area contributed by atoms with E-state index < -0.39 is 5.97 Å². The molecule has 0 aliphatic carbocycles. The number of hydrogen-bond acceptors (Lipinski definition) is 4. The highest BCUT2D eigenvalue weighted by molar-refractivity contribution is 14.1. The molecule has 1 aromatic carbocycles. The number of halogens is 1. The van der Waals surface area contributed by atoms with Crippen molar-refractivity contribution in [2.75, 3.05) is 25.0 Å². The second kappa shape index (κ2) is 6.06. The van der Waals surface area contributed by atoms with Crippen LogP contribution >= 0.6 is 22.6 Å². The third kappa shape index (κ3) is 3.68. The zero-order chi connectivity index (χ0) is 14.8. The van der Waals surface area contributed by atoms with Crippen molar-refractivity contribution in [3.63, 3.8) is 0 Å². The number of carboxylic acids is 1. The Morgan fingerprint density at radius 3 is 2.75 bits per heavy atom. The minimum atomic E-state index is -1.07. The molecule has 108 valence electrons. The molecular weight excluding hydrogens is 375 g/mol. The van der Waals surface area contributed by atoms with Crippen molar-refractivity contribution in [2.45, 2.75) is 12.5 Å². The molecule has 0 spiro atoms. The van der Waals surface area contributed by atoms with Crippen LogP contribution in [0.5, 0.6) is 0 Å². The number of aromatic carboxylic acids is 1. The highest BCUT2D eigenvalue weighted by atomic mass is 127. The van der Waals surface area contributed by atoms with Gasteiger partial charge in [0, 0.05) is 16.7 Å². The number of rotatable bonds is 5. The average Bonchev–Trinajstić information content (AvgIpc) is 2.36. The van der Waals surface area contributed by atoms with E-state index in [-0.39, 0.29) is 29.4 Å². The lowest BCUT2D eigenvalue weighted by Gasteiger charge is -2.38. The van der Waals surface area contributed by atoms with Crippen LogP contribution in [0.25, 0.3) is 0 Å². The number of hydrogen-bond donors (Lipinski definition) is 3. The van der Waals surface area contributed by atoms with Gasteiger partial charge in [-0.05, 0) is 47.7 Å². The van der Waals surface area contributed by atoms with Crippen LogP contribution in [0.4, 0.5) is 5.69 Å². The lowest BCUT2D eigenvalue weighted by atomic mass is 10.0. The molecule has 1 heterocycles. The number of carboxylic acid groups (broad SMARTS) is 1. The fourth-order valence-corrected chi connectivity index (χ4v) is 2.30. The highest BCUT2D eigenvalue weighted by Gasteiger charge is 2.33. The normalized spacial score (nSPS) is 16.3. The van der Waals surface area contributed by atoms with Crippen LogP contribution in [0, 0.1) is 3.57 Å². The Morgan fingerprint density at radius 1 is 1.50 bits per heavy atom. The summed E-state index contributed by atoms with van der Waals surface area (Å²) in [7, 11) is 0. The van der Waals surface area contributed by atoms with Crippen LogP contribution in [0.3, 0.4) is 0 Å². The van der Waals surface area contributed by atoms with Crippen LogP contribution in [-0.2, 0) is 9.53 Å². The molecule has 2 rings (SSSR count). The summed E-state index contributed by atoms with van der Waals surface area (Å²) in [6, 6.07) is 4.83. The van der Waals surface area contributed by atoms with Gasteiger partial charge < -0.3 is 20.5 Å². The quantitative estimate of drug-likeness (QED) is 0.660. The Kier molecular flexibility index (Phi) is 4.61. The first-order valence-electron chi connectivity index (χ1n) is 6.07. The first-order chi connectivity index (χ1) is 9.39. The minimum Gasteiger partial charge on any atom is -0.478 e. The summed E-state index contributed by atoms with van der Waals surface area (Å²) in [6.45, 7) is 3.25. The first kappa shape index (κ1) is 15.2. The molecule has 0 atom stereocenters. The van der Waals surface area contributed by atoms with Crippen molar-refractivity contribution in [1.29, 1.82) is 0 Å². The molecule has 7 heteroatoms. The SMILES string of the molecule is CC1(OCC(=O)Nc2ccc(I)cc2C(=O)O)CNC1. The molecule has 1 amide bonds. The molecule has 1 fully saturated rings. The number of ether oxygens (including phenoxy) is 1. The second-order valence-corrected chi connectivity index (χ2v) is 6.13. The number of carbonyl (C=O) groups excluding carboxylic acids is 1. The number of anilines is 1. The summed E-state index contributed by atoms with van der Waals surface area (Å²) < 4.78 is 6.29. The van der Waals surface area contributed by atoms with E-state index in [4.69, 9.17) is 9.84 Å². The summed E-state index contributed by atoms with van der Waals surface area (Å²) in [5.74, 6) is -1.43. The number of amides is 1. The third-order valence-electron chi connectivity index (χ3n) is 3.04. The Morgan fingerprint density at radius 2 is 2.20 bits per heavy atom. The fraction of sp³-hybridized carbons (Fsp3) is 0.385. The maximum Gasteiger partial charge on any atom is 0.337 e. The van der Waals surface area contributed by atoms with Gasteiger partial charge in [0.05, 0.1) is 16.9 Å². The highest BCUT2D eigenvalue weighted by Crippen LogP contribution is 2.19. The monoisotopic (exact) mass is 390 g/mol. The van der Waals surface area contributed by atoms with Gasteiger partial charge in [0.15, 0.2) is 0 Å². The molecule has 0 unspecified atom stereocenters. The van der Waals surface area contributed by atoms with Crippen LogP contribution in [0.15, 0.2) is 18.2 Å². The topological polar surface area (TPSA) is 87.7 Å². The van der Waals surface area contributed by atoms with Crippen molar-refractivity contribution in [3.05, 3.63) is 27.3 Å². The minimum absolute atomic E-state index is 0.0711. The van der Waals surface area contributed by atoms with Gasteiger partial charge in [-0.2, -0.15) is 0 Å². The molecule has 1 aliphatic rings. The van der Waals surface area contributed by atoms with E-state index in [1.807, 2.05) is 29.5 Å². The summed E-state index contributed by atoms with van der Waals surface area (Å²) in [5, 5.41) is 14.8. The molecule has 6 nitrogen and oxygen atoms in total. The number of benzene rings is 1. The van der Waals surface area contributed by atoms with E-state index >= 15 is 0 Å². The zero-order valence-electron chi connectivity index (χ0n) is 10.9. The molecular formula is C13H15IN2O4. The smallest absolute Gasteiger partial charge is 0.337 e. The van der Waals surface area contributed by atoms with E-state index in [2.05, 4.69) is 10.6 Å². The lowest BCUT2D eigenvalue weighted by molar-refractivity contribution is -0.130. The van der Waals surface area contributed by atoms with Crippen LogP contribution < -0.4 is 10.6 Å². The third-order valence-corrected chi connectivity index (χ3v) is 3.71. The van der Waals surface area contributed by atoms with Gasteiger partial charge in [-0.25, -0.2) is 4.79 Å². The summed E-state index contributed by atoms with van der Waals surface area (Å²) in [6.07, 6.45) is 0. The summed E-state index contributed by atoms with van der Waals surface area (Å²) >= 11 is 2.02. The first-order valence-corrected chi connectivity index (χ1v) is 7.15. The zero-order valence-corrected chi connectivity index (χ0v) is 13.1. The largest absolute Gasteiger partial charge is 0.478 e. The van der Waals surface area contributed by atoms with Gasteiger partial charge in [-0.1, -0.05) is 0 Å². The molecule has 0 saturated carbocycles. The van der Waals surface area contributed by atoms with Crippen molar-refractivity contribution >= 4 is 40.2 Å². The van der Waals surface area contributed by atoms with Gasteiger partial charge in [0.2, 0.25) is 5.91 Å². The van der Waals surface area contributed by atoms with Crippen molar-refractivity contribution in [3.8, 4) is 0 Å². The Balaban J connectivity index is 1.98. The number of carbonyl (C=O) groups is 2. The van der Waals surface area contributed by atoms with Gasteiger partial charge in [0.25, 0.3) is 0 Å². The van der Waals surface area contributed by atoms with Gasteiger partial charge >= 0.3 is 5.97 Å². The predicted molar refractivity (Wildman–Crippen MR) is 82.0 cm³/mol. The average molecular weight is 390 g/mol. The van der Waals surface area contributed by atoms with E-state index in [0.29, 0.717) is 13.1 Å². The van der Waals surface area contributed by atoms with Crippen LogP contribution in [0.2, 0.25) is 0 Å². The lowest BCUT2D eigenvalue weighted by Crippen LogP contribution is -2.59. The van der Waals surface area contributed by atoms with Crippen LogP contribution in [0.1, 0.15) is 17.3 Å². The molecule has 0 aromatic heterocycles. The van der Waals surface area contributed by atoms with Crippen molar-refractivity contribution in [1.82, 2.24) is 5.32 Å².